The molecule has 122 valence electrons. The van der Waals surface area contributed by atoms with Crippen LogP contribution in [0.5, 0.6) is 0 Å². The van der Waals surface area contributed by atoms with Crippen LogP contribution in [-0.2, 0) is 6.54 Å². The Labute approximate surface area is 135 Å². The van der Waals surface area contributed by atoms with E-state index in [0.29, 0.717) is 5.92 Å². The molecule has 0 radical (unpaired) electrons. The summed E-state index contributed by atoms with van der Waals surface area (Å²) in [6.07, 6.45) is 3.48. The normalized spacial score (nSPS) is 19.8. The Morgan fingerprint density at radius 2 is 2.04 bits per heavy atom. The number of rotatable bonds is 4. The molecule has 0 spiro atoms. The van der Waals surface area contributed by atoms with Gasteiger partial charge in [0, 0.05) is 32.1 Å². The molecule has 0 atom stereocenters. The summed E-state index contributed by atoms with van der Waals surface area (Å²) < 4.78 is 5.35. The van der Waals surface area contributed by atoms with E-state index >= 15 is 0 Å². The SMILES string of the molecule is Cc1ccc(N2CCCN(Cc3noc(C4CC4)n3)CC2)nn1. The Morgan fingerprint density at radius 3 is 2.83 bits per heavy atom. The van der Waals surface area contributed by atoms with E-state index in [2.05, 4.69) is 36.2 Å². The second-order valence-corrected chi connectivity index (χ2v) is 6.47. The van der Waals surface area contributed by atoms with Gasteiger partial charge in [0.2, 0.25) is 5.89 Å². The average Bonchev–Trinajstić information content (AvgIpc) is 3.34. The number of hydrogen-bond acceptors (Lipinski definition) is 7. The molecule has 0 unspecified atom stereocenters. The third-order valence-corrected chi connectivity index (χ3v) is 4.47. The molecule has 0 aromatic carbocycles. The van der Waals surface area contributed by atoms with E-state index in [1.165, 1.54) is 12.8 Å². The van der Waals surface area contributed by atoms with Crippen LogP contribution in [0.3, 0.4) is 0 Å². The summed E-state index contributed by atoms with van der Waals surface area (Å²) in [6.45, 7) is 6.70. The van der Waals surface area contributed by atoms with Crippen molar-refractivity contribution in [1.82, 2.24) is 25.2 Å². The Hall–Kier alpha value is -2.02. The molecule has 7 heteroatoms. The quantitative estimate of drug-likeness (QED) is 0.851. The number of anilines is 1. The van der Waals surface area contributed by atoms with Crippen LogP contribution in [0.2, 0.25) is 0 Å². The summed E-state index contributed by atoms with van der Waals surface area (Å²) >= 11 is 0. The molecule has 3 heterocycles. The largest absolute Gasteiger partial charge is 0.354 e. The lowest BCUT2D eigenvalue weighted by atomic mass is 10.3. The molecule has 4 rings (SSSR count). The highest BCUT2D eigenvalue weighted by atomic mass is 16.5. The van der Waals surface area contributed by atoms with Crippen molar-refractivity contribution in [3.05, 3.63) is 29.5 Å². The van der Waals surface area contributed by atoms with Gasteiger partial charge in [-0.05, 0) is 38.3 Å². The first-order valence-corrected chi connectivity index (χ1v) is 8.38. The minimum atomic E-state index is 0.524. The lowest BCUT2D eigenvalue weighted by Gasteiger charge is -2.21. The van der Waals surface area contributed by atoms with E-state index in [9.17, 15) is 0 Å². The molecule has 2 aromatic heterocycles. The van der Waals surface area contributed by atoms with Gasteiger partial charge >= 0.3 is 0 Å². The lowest BCUT2D eigenvalue weighted by Crippen LogP contribution is -2.31. The van der Waals surface area contributed by atoms with Crippen molar-refractivity contribution in [2.75, 3.05) is 31.1 Å². The van der Waals surface area contributed by atoms with Gasteiger partial charge in [0.05, 0.1) is 12.2 Å². The molecule has 1 saturated carbocycles. The fourth-order valence-electron chi connectivity index (χ4n) is 2.95. The van der Waals surface area contributed by atoms with E-state index in [-0.39, 0.29) is 0 Å². The van der Waals surface area contributed by atoms with Crippen LogP contribution >= 0.6 is 0 Å². The van der Waals surface area contributed by atoms with Crippen molar-refractivity contribution in [2.45, 2.75) is 38.6 Å². The first-order valence-electron chi connectivity index (χ1n) is 8.38. The highest BCUT2D eigenvalue weighted by molar-refractivity contribution is 5.37. The molecule has 7 nitrogen and oxygen atoms in total. The van der Waals surface area contributed by atoms with Crippen molar-refractivity contribution in [1.29, 1.82) is 0 Å². The molecular weight excluding hydrogens is 292 g/mol. The molecule has 1 saturated heterocycles. The van der Waals surface area contributed by atoms with E-state index in [0.717, 1.165) is 62.4 Å². The van der Waals surface area contributed by atoms with Crippen molar-refractivity contribution in [3.8, 4) is 0 Å². The predicted molar refractivity (Wildman–Crippen MR) is 85.1 cm³/mol. The van der Waals surface area contributed by atoms with E-state index in [1.807, 2.05) is 13.0 Å². The van der Waals surface area contributed by atoms with E-state index in [1.54, 1.807) is 0 Å². The lowest BCUT2D eigenvalue weighted by molar-refractivity contribution is 0.271. The van der Waals surface area contributed by atoms with Crippen molar-refractivity contribution >= 4 is 5.82 Å². The molecule has 0 bridgehead atoms. The molecule has 0 N–H and O–H groups in total. The second kappa shape index (κ2) is 6.23. The standard InChI is InChI=1S/C16H22N6O/c1-12-3-6-15(19-18-12)22-8-2-7-21(9-10-22)11-14-17-16(23-20-14)13-4-5-13/h3,6,13H,2,4-5,7-11H2,1H3. The van der Waals surface area contributed by atoms with Crippen LogP contribution in [0.4, 0.5) is 5.82 Å². The van der Waals surface area contributed by atoms with Gasteiger partial charge in [-0.25, -0.2) is 0 Å². The summed E-state index contributed by atoms with van der Waals surface area (Å²) in [7, 11) is 0. The topological polar surface area (TPSA) is 71.2 Å². The maximum Gasteiger partial charge on any atom is 0.229 e. The maximum absolute atomic E-state index is 5.35. The Morgan fingerprint density at radius 1 is 1.13 bits per heavy atom. The molecular formula is C16H22N6O. The molecule has 2 aromatic rings. The minimum absolute atomic E-state index is 0.524. The molecule has 23 heavy (non-hydrogen) atoms. The Bertz CT molecular complexity index is 651. The molecule has 2 fully saturated rings. The zero-order valence-corrected chi connectivity index (χ0v) is 13.5. The van der Waals surface area contributed by atoms with Gasteiger partial charge in [0.1, 0.15) is 0 Å². The Balaban J connectivity index is 1.35. The minimum Gasteiger partial charge on any atom is -0.354 e. The van der Waals surface area contributed by atoms with E-state index < -0.39 is 0 Å². The summed E-state index contributed by atoms with van der Waals surface area (Å²) in [4.78, 5) is 9.22. The first kappa shape index (κ1) is 14.6. The van der Waals surface area contributed by atoms with Crippen molar-refractivity contribution in [2.24, 2.45) is 0 Å². The van der Waals surface area contributed by atoms with Gasteiger partial charge in [0.25, 0.3) is 0 Å². The maximum atomic E-state index is 5.35. The molecule has 2 aliphatic rings. The second-order valence-electron chi connectivity index (χ2n) is 6.47. The number of aromatic nitrogens is 4. The summed E-state index contributed by atoms with van der Waals surface area (Å²) in [5, 5.41) is 12.6. The average molecular weight is 314 g/mol. The van der Waals surface area contributed by atoms with Gasteiger partial charge in [-0.1, -0.05) is 5.16 Å². The van der Waals surface area contributed by atoms with Crippen molar-refractivity contribution in [3.63, 3.8) is 0 Å². The number of nitrogens with zero attached hydrogens (tertiary/aromatic N) is 6. The fourth-order valence-corrected chi connectivity index (χ4v) is 2.95. The summed E-state index contributed by atoms with van der Waals surface area (Å²) in [6, 6.07) is 4.07. The van der Waals surface area contributed by atoms with Gasteiger partial charge in [-0.3, -0.25) is 4.90 Å². The van der Waals surface area contributed by atoms with Crippen molar-refractivity contribution < 1.29 is 4.52 Å². The van der Waals surface area contributed by atoms with E-state index in [4.69, 9.17) is 4.52 Å². The molecule has 1 aliphatic heterocycles. The monoisotopic (exact) mass is 314 g/mol. The third kappa shape index (κ3) is 3.50. The van der Waals surface area contributed by atoms with Gasteiger partial charge < -0.3 is 9.42 Å². The fraction of sp³-hybridized carbons (Fsp3) is 0.625. The van der Waals surface area contributed by atoms with Crippen LogP contribution in [0.1, 0.15) is 42.6 Å². The highest BCUT2D eigenvalue weighted by Crippen LogP contribution is 2.38. The van der Waals surface area contributed by atoms with Gasteiger partial charge in [-0.2, -0.15) is 10.1 Å². The molecule has 1 aliphatic carbocycles. The Kier molecular flexibility index (Phi) is 3.95. The predicted octanol–water partition coefficient (Wildman–Crippen LogP) is 1.76. The zero-order valence-electron chi connectivity index (χ0n) is 13.5. The molecule has 0 amide bonds. The van der Waals surface area contributed by atoms with Crippen LogP contribution < -0.4 is 4.90 Å². The zero-order chi connectivity index (χ0) is 15.6. The van der Waals surface area contributed by atoms with Gasteiger partial charge in [0.15, 0.2) is 11.6 Å². The highest BCUT2D eigenvalue weighted by Gasteiger charge is 2.30. The van der Waals surface area contributed by atoms with Crippen LogP contribution in [-0.4, -0.2) is 51.4 Å². The summed E-state index contributed by atoms with van der Waals surface area (Å²) in [5.41, 5.74) is 0.953. The smallest absolute Gasteiger partial charge is 0.229 e. The summed E-state index contributed by atoms with van der Waals surface area (Å²) in [5.74, 6) is 3.13. The van der Waals surface area contributed by atoms with Gasteiger partial charge in [-0.15, -0.1) is 5.10 Å². The number of hydrogen-bond donors (Lipinski definition) is 0. The first-order chi connectivity index (χ1) is 11.3. The van der Waals surface area contributed by atoms with Crippen LogP contribution in [0.25, 0.3) is 0 Å². The van der Waals surface area contributed by atoms with Crippen LogP contribution in [0.15, 0.2) is 16.7 Å². The number of aryl methyl sites for hydroxylation is 1. The third-order valence-electron chi connectivity index (χ3n) is 4.47. The van der Waals surface area contributed by atoms with Crippen LogP contribution in [0, 0.1) is 6.92 Å².